The Kier molecular flexibility index (Phi) is 5.57. The number of amides is 1. The smallest absolute Gasteiger partial charge is 0.224 e. The van der Waals surface area contributed by atoms with E-state index >= 15 is 0 Å². The number of carbonyl (C=O) groups excluding carboxylic acids is 1. The van der Waals surface area contributed by atoms with Crippen LogP contribution < -0.4 is 10.2 Å². The molecule has 9 heteroatoms. The van der Waals surface area contributed by atoms with Gasteiger partial charge in [0.05, 0.1) is 30.8 Å². The van der Waals surface area contributed by atoms with Crippen LogP contribution in [0.1, 0.15) is 25.0 Å². The number of nitrogens with one attached hydrogen (secondary N) is 1. The van der Waals surface area contributed by atoms with Gasteiger partial charge in [-0.25, -0.2) is 9.50 Å². The van der Waals surface area contributed by atoms with Crippen molar-refractivity contribution in [3.05, 3.63) is 66.4 Å². The Morgan fingerprint density at radius 3 is 2.65 bits per heavy atom. The molecule has 0 aliphatic carbocycles. The highest BCUT2D eigenvalue weighted by Crippen LogP contribution is 2.29. The minimum Gasteiger partial charge on any atom is -0.389 e. The zero-order valence-corrected chi connectivity index (χ0v) is 19.6. The van der Waals surface area contributed by atoms with Crippen molar-refractivity contribution in [2.75, 3.05) is 18.0 Å². The summed E-state index contributed by atoms with van der Waals surface area (Å²) in [4.78, 5) is 19.1. The highest BCUT2D eigenvalue weighted by atomic mass is 16.3. The van der Waals surface area contributed by atoms with Gasteiger partial charge in [0, 0.05) is 36.6 Å². The molecule has 4 aromatic rings. The van der Waals surface area contributed by atoms with Crippen molar-refractivity contribution >= 4 is 17.2 Å². The van der Waals surface area contributed by atoms with Crippen LogP contribution in [0.3, 0.4) is 0 Å². The summed E-state index contributed by atoms with van der Waals surface area (Å²) >= 11 is 0. The summed E-state index contributed by atoms with van der Waals surface area (Å²) in [6, 6.07) is 10.2. The quantitative estimate of drug-likeness (QED) is 0.440. The van der Waals surface area contributed by atoms with Gasteiger partial charge in [0.15, 0.2) is 5.82 Å². The summed E-state index contributed by atoms with van der Waals surface area (Å²) in [6.07, 6.45) is 7.59. The molecule has 0 spiro atoms. The molecule has 1 aliphatic rings. The minimum atomic E-state index is -0.836. The molecule has 1 aliphatic heterocycles. The third-order valence-electron chi connectivity index (χ3n) is 5.93. The van der Waals surface area contributed by atoms with E-state index in [9.17, 15) is 9.90 Å². The van der Waals surface area contributed by atoms with Crippen LogP contribution in [0.2, 0.25) is 0 Å². The summed E-state index contributed by atoms with van der Waals surface area (Å²) in [5.74, 6) is 0.878. The molecule has 9 nitrogen and oxygen atoms in total. The summed E-state index contributed by atoms with van der Waals surface area (Å²) in [7, 11) is 0. The second-order valence-electron chi connectivity index (χ2n) is 9.71. The highest BCUT2D eigenvalue weighted by molar-refractivity contribution is 5.80. The van der Waals surface area contributed by atoms with E-state index in [0.717, 1.165) is 28.0 Å². The first kappa shape index (κ1) is 22.1. The van der Waals surface area contributed by atoms with E-state index in [1.54, 1.807) is 31.1 Å². The maximum atomic E-state index is 12.4. The molecule has 0 bridgehead atoms. The van der Waals surface area contributed by atoms with Crippen LogP contribution in [0.5, 0.6) is 0 Å². The number of fused-ring (bicyclic) bond motifs is 1. The Bertz CT molecular complexity index is 1310. The van der Waals surface area contributed by atoms with Crippen LogP contribution in [-0.4, -0.2) is 60.1 Å². The number of nitrogens with zero attached hydrogens (tertiary/aromatic N) is 6. The fourth-order valence-electron chi connectivity index (χ4n) is 4.23. The Hall–Kier alpha value is -3.72. The average Bonchev–Trinajstić information content (AvgIpc) is 3.37. The Balaban J connectivity index is 1.24. The van der Waals surface area contributed by atoms with Crippen molar-refractivity contribution in [3.63, 3.8) is 0 Å². The Labute approximate surface area is 198 Å². The second-order valence-corrected chi connectivity index (χ2v) is 9.71. The van der Waals surface area contributed by atoms with Crippen LogP contribution in [0, 0.1) is 6.92 Å². The molecule has 0 radical (unpaired) electrons. The highest BCUT2D eigenvalue weighted by Gasteiger charge is 2.30. The van der Waals surface area contributed by atoms with E-state index in [0.29, 0.717) is 26.1 Å². The van der Waals surface area contributed by atoms with Crippen molar-refractivity contribution in [2.24, 2.45) is 0 Å². The van der Waals surface area contributed by atoms with Gasteiger partial charge in [-0.05, 0) is 32.4 Å². The van der Waals surface area contributed by atoms with E-state index < -0.39 is 5.60 Å². The van der Waals surface area contributed by atoms with E-state index in [-0.39, 0.29) is 11.9 Å². The summed E-state index contributed by atoms with van der Waals surface area (Å²) in [5.41, 5.74) is 4.20. The predicted molar refractivity (Wildman–Crippen MR) is 130 cm³/mol. The van der Waals surface area contributed by atoms with Crippen molar-refractivity contribution < 1.29 is 9.90 Å². The third-order valence-corrected chi connectivity index (χ3v) is 5.93. The maximum absolute atomic E-state index is 12.4. The lowest BCUT2D eigenvalue weighted by Gasteiger charge is -2.40. The van der Waals surface area contributed by atoms with Crippen molar-refractivity contribution in [2.45, 2.75) is 45.4 Å². The number of aromatic nitrogens is 5. The zero-order chi connectivity index (χ0) is 23.9. The van der Waals surface area contributed by atoms with E-state index in [2.05, 4.69) is 25.4 Å². The molecule has 34 heavy (non-hydrogen) atoms. The molecular formula is C25H29N7O2. The van der Waals surface area contributed by atoms with Gasteiger partial charge < -0.3 is 15.3 Å². The Morgan fingerprint density at radius 1 is 1.15 bits per heavy atom. The van der Waals surface area contributed by atoms with Gasteiger partial charge in [0.1, 0.15) is 11.8 Å². The fraction of sp³-hybridized carbons (Fsp3) is 0.360. The lowest BCUT2D eigenvalue weighted by molar-refractivity contribution is -0.121. The minimum absolute atomic E-state index is 0.0365. The molecule has 4 heterocycles. The van der Waals surface area contributed by atoms with E-state index in [4.69, 9.17) is 0 Å². The SMILES string of the molecule is Cc1ccc(CC(=O)NC2CN(c3ncnn4cc(-c5cnn(CC(C)(C)O)c5)cc34)C2)cc1. The fourth-order valence-corrected chi connectivity index (χ4v) is 4.23. The normalized spacial score (nSPS) is 14.4. The van der Waals surface area contributed by atoms with Crippen molar-refractivity contribution in [3.8, 4) is 11.1 Å². The molecular weight excluding hydrogens is 430 g/mol. The van der Waals surface area contributed by atoms with Gasteiger partial charge in [-0.15, -0.1) is 0 Å². The van der Waals surface area contributed by atoms with E-state index in [1.165, 1.54) is 5.56 Å². The maximum Gasteiger partial charge on any atom is 0.224 e. The van der Waals surface area contributed by atoms with Crippen LogP contribution in [0.15, 0.2) is 55.2 Å². The third kappa shape index (κ3) is 4.79. The standard InChI is InChI=1S/C25H29N7O2/c1-17-4-6-18(7-5-17)8-23(33)29-21-13-30(14-21)24-22-9-19(12-32(22)28-16-26-24)20-10-27-31(11-20)15-25(2,3)34/h4-7,9-12,16,21,34H,8,13-15H2,1-3H3,(H,29,33). The van der Waals surface area contributed by atoms with Gasteiger partial charge in [0.25, 0.3) is 0 Å². The molecule has 0 unspecified atom stereocenters. The average molecular weight is 460 g/mol. The number of aliphatic hydroxyl groups is 1. The zero-order valence-electron chi connectivity index (χ0n) is 19.6. The van der Waals surface area contributed by atoms with Crippen molar-refractivity contribution in [1.82, 2.24) is 29.7 Å². The lowest BCUT2D eigenvalue weighted by Crippen LogP contribution is -2.60. The number of carbonyl (C=O) groups is 1. The molecule has 1 amide bonds. The summed E-state index contributed by atoms with van der Waals surface area (Å²) in [6.45, 7) is 7.38. The number of benzene rings is 1. The molecule has 0 atom stereocenters. The molecule has 176 valence electrons. The summed E-state index contributed by atoms with van der Waals surface area (Å²) < 4.78 is 3.55. The predicted octanol–water partition coefficient (Wildman–Crippen LogP) is 2.22. The van der Waals surface area contributed by atoms with Crippen LogP contribution >= 0.6 is 0 Å². The number of aryl methyl sites for hydroxylation is 1. The molecule has 5 rings (SSSR count). The van der Waals surface area contributed by atoms with Gasteiger partial charge in [-0.2, -0.15) is 10.2 Å². The molecule has 1 saturated heterocycles. The van der Waals surface area contributed by atoms with Gasteiger partial charge in [-0.3, -0.25) is 9.48 Å². The second kappa shape index (κ2) is 8.57. The van der Waals surface area contributed by atoms with Crippen molar-refractivity contribution in [1.29, 1.82) is 0 Å². The van der Waals surface area contributed by atoms with Crippen LogP contribution in [0.25, 0.3) is 16.6 Å². The summed E-state index contributed by atoms with van der Waals surface area (Å²) in [5, 5.41) is 21.9. The first-order valence-corrected chi connectivity index (χ1v) is 11.4. The first-order valence-electron chi connectivity index (χ1n) is 11.4. The van der Waals surface area contributed by atoms with Gasteiger partial charge >= 0.3 is 0 Å². The molecule has 0 saturated carbocycles. The molecule has 1 fully saturated rings. The van der Waals surface area contributed by atoms with Crippen LogP contribution in [-0.2, 0) is 17.8 Å². The molecule has 3 aromatic heterocycles. The van der Waals surface area contributed by atoms with E-state index in [1.807, 2.05) is 54.2 Å². The lowest BCUT2D eigenvalue weighted by atomic mass is 10.1. The largest absolute Gasteiger partial charge is 0.389 e. The first-order chi connectivity index (χ1) is 16.2. The monoisotopic (exact) mass is 459 g/mol. The topological polar surface area (TPSA) is 101 Å². The molecule has 1 aromatic carbocycles. The number of anilines is 1. The number of hydrogen-bond acceptors (Lipinski definition) is 6. The van der Waals surface area contributed by atoms with Crippen LogP contribution in [0.4, 0.5) is 5.82 Å². The Morgan fingerprint density at radius 2 is 1.91 bits per heavy atom. The van der Waals surface area contributed by atoms with Gasteiger partial charge in [-0.1, -0.05) is 29.8 Å². The number of rotatable bonds is 7. The van der Waals surface area contributed by atoms with Gasteiger partial charge in [0.2, 0.25) is 5.91 Å². The number of hydrogen-bond donors (Lipinski definition) is 2. The molecule has 2 N–H and O–H groups in total.